The van der Waals surface area contributed by atoms with Crippen LogP contribution in [-0.4, -0.2) is 44.0 Å². The Hall–Kier alpha value is -3.05. The Kier molecular flexibility index (Phi) is 5.41. The van der Waals surface area contributed by atoms with Crippen molar-refractivity contribution in [3.8, 4) is 5.69 Å². The summed E-state index contributed by atoms with van der Waals surface area (Å²) in [4.78, 5) is 15.6. The first kappa shape index (κ1) is 19.3. The van der Waals surface area contributed by atoms with Crippen molar-refractivity contribution in [1.82, 2.24) is 25.4 Å². The molecule has 0 aliphatic carbocycles. The zero-order valence-electron chi connectivity index (χ0n) is 15.6. The number of nitrogens with one attached hydrogen (secondary N) is 1. The van der Waals surface area contributed by atoms with Gasteiger partial charge in [-0.05, 0) is 49.4 Å². The van der Waals surface area contributed by atoms with Crippen LogP contribution in [0.25, 0.3) is 5.69 Å². The lowest BCUT2D eigenvalue weighted by atomic mass is 10.2. The molecule has 1 aromatic carbocycles. The number of aliphatic hydroxyl groups is 1. The first-order valence-corrected chi connectivity index (χ1v) is 9.74. The van der Waals surface area contributed by atoms with Gasteiger partial charge in [0.25, 0.3) is 5.91 Å². The number of carbonyl (C=O) groups excluding carboxylic acids is 1. The van der Waals surface area contributed by atoms with Gasteiger partial charge < -0.3 is 25.6 Å². The predicted octanol–water partition coefficient (Wildman–Crippen LogP) is 1.98. The van der Waals surface area contributed by atoms with Crippen LogP contribution in [0.2, 0.25) is 0 Å². The van der Waals surface area contributed by atoms with Crippen LogP contribution >= 0.6 is 11.3 Å². The fourth-order valence-electron chi connectivity index (χ4n) is 2.84. The third-order valence-electron chi connectivity index (χ3n) is 4.41. The Labute approximate surface area is 171 Å². The molecule has 0 bridgehead atoms. The van der Waals surface area contributed by atoms with E-state index in [1.165, 1.54) is 17.4 Å². The van der Waals surface area contributed by atoms with Crippen LogP contribution in [0.15, 0.2) is 54.9 Å². The number of aliphatic hydroxyl groups excluding tert-OH is 1. The van der Waals surface area contributed by atoms with Gasteiger partial charge in [0.1, 0.15) is 11.9 Å². The average molecular weight is 411 g/mol. The maximum atomic E-state index is 12.1. The number of hydrogen-bond acceptors (Lipinski definition) is 8. The van der Waals surface area contributed by atoms with Gasteiger partial charge >= 0.3 is 0 Å². The molecule has 1 amide bonds. The Morgan fingerprint density at radius 1 is 1.28 bits per heavy atom. The van der Waals surface area contributed by atoms with Crippen molar-refractivity contribution in [2.24, 2.45) is 0 Å². The fraction of sp³-hybridized carbons (Fsp3) is 0.211. The molecule has 0 saturated carbocycles. The normalized spacial score (nSPS) is 16.9. The minimum absolute atomic E-state index is 0.0496. The molecule has 1 unspecified atom stereocenters. The SMILES string of the molecule is Cc1ccc(C(=O)NCc2cn(-c3ccc(N4C=CC(O)N([O-])C4)cc3)nn2)s1. The average Bonchev–Trinajstić information content (AvgIpc) is 3.38. The van der Waals surface area contributed by atoms with Crippen LogP contribution in [0.3, 0.4) is 0 Å². The van der Waals surface area contributed by atoms with Gasteiger partial charge in [-0.1, -0.05) is 5.21 Å². The highest BCUT2D eigenvalue weighted by molar-refractivity contribution is 7.13. The molecule has 3 aromatic rings. The Bertz CT molecular complexity index is 1030. The van der Waals surface area contributed by atoms with Crippen LogP contribution in [0.5, 0.6) is 0 Å². The quantitative estimate of drug-likeness (QED) is 0.661. The van der Waals surface area contributed by atoms with E-state index in [1.807, 2.05) is 37.3 Å². The van der Waals surface area contributed by atoms with Crippen molar-refractivity contribution >= 4 is 22.9 Å². The van der Waals surface area contributed by atoms with Gasteiger partial charge in [-0.15, -0.1) is 16.4 Å². The van der Waals surface area contributed by atoms with Gasteiger partial charge in [-0.3, -0.25) is 4.79 Å². The fourth-order valence-corrected chi connectivity index (χ4v) is 3.63. The van der Waals surface area contributed by atoms with E-state index in [9.17, 15) is 15.1 Å². The standard InChI is InChI=1S/C19H19N6O3S/c1-13-2-7-17(29-13)19(27)20-10-14-11-24(22-21-14)16-5-3-15(4-6-16)23-9-8-18(26)25(28)12-23/h2-9,11,18,26H,10,12H2,1H3,(H,20,27)/q-1. The lowest BCUT2D eigenvalue weighted by Gasteiger charge is -2.40. The minimum atomic E-state index is -1.11. The highest BCUT2D eigenvalue weighted by Gasteiger charge is 2.14. The highest BCUT2D eigenvalue weighted by Crippen LogP contribution is 2.21. The Morgan fingerprint density at radius 3 is 2.72 bits per heavy atom. The summed E-state index contributed by atoms with van der Waals surface area (Å²) in [5.41, 5.74) is 2.26. The topological polar surface area (TPSA) is 110 Å². The van der Waals surface area contributed by atoms with Crippen molar-refractivity contribution in [1.29, 1.82) is 0 Å². The number of amides is 1. The summed E-state index contributed by atoms with van der Waals surface area (Å²) < 4.78 is 1.62. The van der Waals surface area contributed by atoms with Gasteiger partial charge in [0.2, 0.25) is 0 Å². The van der Waals surface area contributed by atoms with Gasteiger partial charge in [0.05, 0.1) is 30.0 Å². The van der Waals surface area contributed by atoms with Gasteiger partial charge in [0.15, 0.2) is 0 Å². The van der Waals surface area contributed by atoms with Crippen molar-refractivity contribution < 1.29 is 9.90 Å². The molecule has 9 nitrogen and oxygen atoms in total. The number of hydrogen-bond donors (Lipinski definition) is 2. The molecule has 1 atom stereocenters. The third kappa shape index (κ3) is 4.35. The first-order chi connectivity index (χ1) is 14.0. The number of hydroxylamine groups is 2. The second-order valence-corrected chi connectivity index (χ2v) is 7.84. The first-order valence-electron chi connectivity index (χ1n) is 8.93. The molecule has 10 heteroatoms. The molecule has 29 heavy (non-hydrogen) atoms. The van der Waals surface area contributed by atoms with E-state index in [0.717, 1.165) is 16.3 Å². The summed E-state index contributed by atoms with van der Waals surface area (Å²) in [5.74, 6) is -0.130. The van der Waals surface area contributed by atoms with Crippen molar-refractivity contribution in [3.63, 3.8) is 0 Å². The number of carbonyl (C=O) groups is 1. The van der Waals surface area contributed by atoms with E-state index in [-0.39, 0.29) is 19.1 Å². The second kappa shape index (κ2) is 8.13. The largest absolute Gasteiger partial charge is 0.782 e. The van der Waals surface area contributed by atoms with Crippen molar-refractivity contribution in [2.45, 2.75) is 19.7 Å². The number of aromatic nitrogens is 3. The lowest BCUT2D eigenvalue weighted by molar-refractivity contribution is 0.0753. The summed E-state index contributed by atoms with van der Waals surface area (Å²) in [7, 11) is 0. The van der Waals surface area contributed by atoms with E-state index in [1.54, 1.807) is 28.0 Å². The number of thiophene rings is 1. The van der Waals surface area contributed by atoms with Crippen LogP contribution in [0.4, 0.5) is 5.69 Å². The Morgan fingerprint density at radius 2 is 2.03 bits per heavy atom. The lowest BCUT2D eigenvalue weighted by Crippen LogP contribution is -2.41. The number of anilines is 1. The maximum Gasteiger partial charge on any atom is 0.261 e. The van der Waals surface area contributed by atoms with E-state index in [2.05, 4.69) is 15.6 Å². The number of nitrogens with zero attached hydrogens (tertiary/aromatic N) is 5. The molecule has 150 valence electrons. The molecule has 1 aliphatic heterocycles. The third-order valence-corrected chi connectivity index (χ3v) is 5.41. The number of aryl methyl sites for hydroxylation is 1. The molecule has 4 rings (SSSR count). The summed E-state index contributed by atoms with van der Waals surface area (Å²) >= 11 is 1.45. The zero-order valence-corrected chi connectivity index (χ0v) is 16.4. The highest BCUT2D eigenvalue weighted by atomic mass is 32.1. The van der Waals surface area contributed by atoms with Gasteiger partial charge in [-0.2, -0.15) is 0 Å². The molecular weight excluding hydrogens is 392 g/mol. The molecule has 2 N–H and O–H groups in total. The van der Waals surface area contributed by atoms with Crippen LogP contribution < -0.4 is 10.2 Å². The molecule has 2 aromatic heterocycles. The van der Waals surface area contributed by atoms with Crippen molar-refractivity contribution in [2.75, 3.05) is 11.6 Å². The zero-order chi connectivity index (χ0) is 20.4. The maximum absolute atomic E-state index is 12.1. The number of rotatable bonds is 5. The van der Waals surface area contributed by atoms with Crippen molar-refractivity contribution in [3.05, 3.63) is 75.5 Å². The van der Waals surface area contributed by atoms with Crippen LogP contribution in [0, 0.1) is 12.1 Å². The smallest absolute Gasteiger partial charge is 0.261 e. The minimum Gasteiger partial charge on any atom is -0.782 e. The number of benzene rings is 1. The molecular formula is C19H19N6O3S-. The summed E-state index contributed by atoms with van der Waals surface area (Å²) in [6.07, 6.45) is 3.76. The summed E-state index contributed by atoms with van der Waals surface area (Å²) in [6.45, 7) is 2.29. The monoisotopic (exact) mass is 411 g/mol. The van der Waals surface area contributed by atoms with E-state index in [0.29, 0.717) is 15.6 Å². The van der Waals surface area contributed by atoms with Crippen LogP contribution in [0.1, 0.15) is 20.2 Å². The molecule has 1 aliphatic rings. The predicted molar refractivity (Wildman–Crippen MR) is 109 cm³/mol. The van der Waals surface area contributed by atoms with E-state index in [4.69, 9.17) is 0 Å². The molecule has 0 radical (unpaired) electrons. The second-order valence-electron chi connectivity index (χ2n) is 6.55. The molecule has 0 spiro atoms. The van der Waals surface area contributed by atoms with Gasteiger partial charge in [-0.25, -0.2) is 4.68 Å². The summed E-state index contributed by atoms with van der Waals surface area (Å²) in [6, 6.07) is 11.1. The molecule has 0 saturated heterocycles. The van der Waals surface area contributed by atoms with E-state index >= 15 is 0 Å². The van der Waals surface area contributed by atoms with Crippen LogP contribution in [-0.2, 0) is 6.54 Å². The van der Waals surface area contributed by atoms with Gasteiger partial charge in [0, 0.05) is 16.8 Å². The van der Waals surface area contributed by atoms with E-state index < -0.39 is 6.23 Å². The molecule has 0 fully saturated rings. The molecule has 3 heterocycles. The summed E-state index contributed by atoms with van der Waals surface area (Å²) in [5, 5.41) is 32.7. The Balaban J connectivity index is 1.39.